The molecule has 2 N–H and O–H groups in total. The summed E-state index contributed by atoms with van der Waals surface area (Å²) >= 11 is 1.38. The lowest BCUT2D eigenvalue weighted by atomic mass is 10.1. The number of thioether (sulfide) groups is 1. The number of hydrogen-bond donors (Lipinski definition) is 2. The summed E-state index contributed by atoms with van der Waals surface area (Å²) in [5.41, 5.74) is 2.81. The molecule has 0 saturated carbocycles. The zero-order valence-electron chi connectivity index (χ0n) is 17.3. The average Bonchev–Trinajstić information content (AvgIpc) is 3.40. The van der Waals surface area contributed by atoms with Crippen LogP contribution in [0.15, 0.2) is 53.5 Å². The van der Waals surface area contributed by atoms with Gasteiger partial charge in [-0.2, -0.15) is 4.99 Å². The highest BCUT2D eigenvalue weighted by Gasteiger charge is 2.33. The summed E-state index contributed by atoms with van der Waals surface area (Å²) < 4.78 is 0. The number of amides is 3. The zero-order chi connectivity index (χ0) is 21.8. The number of nitrogens with zero attached hydrogens (tertiary/aromatic N) is 2. The lowest BCUT2D eigenvalue weighted by Gasteiger charge is -2.16. The maximum absolute atomic E-state index is 12.5. The van der Waals surface area contributed by atoms with Crippen LogP contribution >= 0.6 is 11.8 Å². The van der Waals surface area contributed by atoms with Crippen LogP contribution in [-0.2, 0) is 9.59 Å². The number of carbonyl (C=O) groups is 3. The standard InChI is InChI=1S/C23H24N4O3S/c1-15-6-2-3-7-18(15)25-21(29)16-8-10-17(11-9-16)24-20(28)14-19-22(30)26-23(31-19)27-12-4-5-13-27/h2-3,6-11,19H,4-5,12-14H2,1H3,(H,24,28)(H,25,29). The molecule has 0 spiro atoms. The van der Waals surface area contributed by atoms with Crippen LogP contribution in [0.2, 0.25) is 0 Å². The molecule has 2 aromatic rings. The maximum atomic E-state index is 12.5. The normalized spacial score (nSPS) is 18.1. The third-order valence-electron chi connectivity index (χ3n) is 5.30. The molecule has 0 aromatic heterocycles. The van der Waals surface area contributed by atoms with Crippen LogP contribution in [-0.4, -0.2) is 46.1 Å². The van der Waals surface area contributed by atoms with Gasteiger partial charge in [0.1, 0.15) is 5.25 Å². The van der Waals surface area contributed by atoms with E-state index in [1.54, 1.807) is 24.3 Å². The van der Waals surface area contributed by atoms with E-state index in [4.69, 9.17) is 0 Å². The van der Waals surface area contributed by atoms with Gasteiger partial charge in [-0.25, -0.2) is 0 Å². The molecule has 3 amide bonds. The van der Waals surface area contributed by atoms with Gasteiger partial charge in [-0.05, 0) is 55.7 Å². The minimum absolute atomic E-state index is 0.0693. The van der Waals surface area contributed by atoms with Gasteiger partial charge in [0.25, 0.3) is 11.8 Å². The van der Waals surface area contributed by atoms with Crippen LogP contribution in [0.4, 0.5) is 11.4 Å². The van der Waals surface area contributed by atoms with Gasteiger partial charge in [0.2, 0.25) is 5.91 Å². The van der Waals surface area contributed by atoms with Crippen molar-refractivity contribution in [1.29, 1.82) is 0 Å². The van der Waals surface area contributed by atoms with Crippen LogP contribution < -0.4 is 10.6 Å². The first-order chi connectivity index (χ1) is 15.0. The third-order valence-corrected chi connectivity index (χ3v) is 6.51. The SMILES string of the molecule is Cc1ccccc1NC(=O)c1ccc(NC(=O)CC2SC(N3CCCC3)=NC2=O)cc1. The highest BCUT2D eigenvalue weighted by atomic mass is 32.2. The van der Waals surface area contributed by atoms with Crippen LogP contribution in [0.25, 0.3) is 0 Å². The lowest BCUT2D eigenvalue weighted by Crippen LogP contribution is -2.25. The van der Waals surface area contributed by atoms with Gasteiger partial charge >= 0.3 is 0 Å². The van der Waals surface area contributed by atoms with E-state index < -0.39 is 5.25 Å². The Labute approximate surface area is 185 Å². The number of carbonyl (C=O) groups excluding carboxylic acids is 3. The van der Waals surface area contributed by atoms with Gasteiger partial charge in [-0.3, -0.25) is 14.4 Å². The van der Waals surface area contributed by atoms with Crippen molar-refractivity contribution in [3.8, 4) is 0 Å². The fourth-order valence-electron chi connectivity index (χ4n) is 3.55. The van der Waals surface area contributed by atoms with E-state index in [1.165, 1.54) is 11.8 Å². The van der Waals surface area contributed by atoms with Gasteiger partial charge in [-0.1, -0.05) is 30.0 Å². The van der Waals surface area contributed by atoms with E-state index in [1.807, 2.05) is 31.2 Å². The highest BCUT2D eigenvalue weighted by molar-refractivity contribution is 8.15. The molecule has 4 rings (SSSR count). The number of amidine groups is 1. The van der Waals surface area contributed by atoms with E-state index in [9.17, 15) is 14.4 Å². The van der Waals surface area contributed by atoms with Crippen LogP contribution in [0, 0.1) is 6.92 Å². The van der Waals surface area contributed by atoms with Crippen molar-refractivity contribution in [2.45, 2.75) is 31.4 Å². The first-order valence-electron chi connectivity index (χ1n) is 10.3. The van der Waals surface area contributed by atoms with Crippen molar-refractivity contribution in [1.82, 2.24) is 4.90 Å². The predicted molar refractivity (Wildman–Crippen MR) is 123 cm³/mol. The second kappa shape index (κ2) is 9.34. The minimum Gasteiger partial charge on any atom is -0.351 e. The molecule has 160 valence electrons. The molecule has 31 heavy (non-hydrogen) atoms. The third kappa shape index (κ3) is 5.14. The van der Waals surface area contributed by atoms with Gasteiger partial charge in [0.05, 0.1) is 0 Å². The van der Waals surface area contributed by atoms with Crippen molar-refractivity contribution in [2.24, 2.45) is 4.99 Å². The fraction of sp³-hybridized carbons (Fsp3) is 0.304. The number of benzene rings is 2. The molecule has 7 nitrogen and oxygen atoms in total. The Morgan fingerprint density at radius 3 is 2.48 bits per heavy atom. The lowest BCUT2D eigenvalue weighted by molar-refractivity contribution is -0.121. The van der Waals surface area contributed by atoms with E-state index in [0.29, 0.717) is 11.3 Å². The van der Waals surface area contributed by atoms with Crippen molar-refractivity contribution in [2.75, 3.05) is 23.7 Å². The van der Waals surface area contributed by atoms with Crippen molar-refractivity contribution in [3.63, 3.8) is 0 Å². The number of nitrogens with one attached hydrogen (secondary N) is 2. The van der Waals surface area contributed by atoms with E-state index in [0.717, 1.165) is 42.3 Å². The van der Waals surface area contributed by atoms with Crippen molar-refractivity contribution < 1.29 is 14.4 Å². The van der Waals surface area contributed by atoms with Crippen molar-refractivity contribution in [3.05, 3.63) is 59.7 Å². The fourth-order valence-corrected chi connectivity index (χ4v) is 4.66. The Kier molecular flexibility index (Phi) is 6.36. The molecule has 0 aliphatic carbocycles. The van der Waals surface area contributed by atoms with Gasteiger partial charge < -0.3 is 15.5 Å². The minimum atomic E-state index is -0.477. The Bertz CT molecular complexity index is 1030. The summed E-state index contributed by atoms with van der Waals surface area (Å²) in [6, 6.07) is 14.2. The smallest absolute Gasteiger partial charge is 0.262 e. The van der Waals surface area contributed by atoms with Crippen LogP contribution in [0.3, 0.4) is 0 Å². The van der Waals surface area contributed by atoms with Gasteiger partial charge in [-0.15, -0.1) is 0 Å². The number of para-hydroxylation sites is 1. The summed E-state index contributed by atoms with van der Waals surface area (Å²) in [6.07, 6.45) is 2.29. The number of rotatable bonds is 5. The Balaban J connectivity index is 1.30. The molecule has 0 bridgehead atoms. The van der Waals surface area contributed by atoms with E-state index in [2.05, 4.69) is 20.5 Å². The summed E-state index contributed by atoms with van der Waals surface area (Å²) in [6.45, 7) is 3.77. The summed E-state index contributed by atoms with van der Waals surface area (Å²) in [7, 11) is 0. The maximum Gasteiger partial charge on any atom is 0.262 e. The quantitative estimate of drug-likeness (QED) is 0.746. The van der Waals surface area contributed by atoms with E-state index >= 15 is 0 Å². The molecule has 0 radical (unpaired) electrons. The highest BCUT2D eigenvalue weighted by Crippen LogP contribution is 2.29. The molecule has 2 aliphatic heterocycles. The summed E-state index contributed by atoms with van der Waals surface area (Å²) in [5.74, 6) is -0.710. The summed E-state index contributed by atoms with van der Waals surface area (Å²) in [5, 5.41) is 5.94. The monoisotopic (exact) mass is 436 g/mol. The van der Waals surface area contributed by atoms with Gasteiger partial charge in [0, 0.05) is 36.4 Å². The largest absolute Gasteiger partial charge is 0.351 e. The second-order valence-corrected chi connectivity index (χ2v) is 8.80. The number of aliphatic imine (C=N–C) groups is 1. The van der Waals surface area contributed by atoms with Crippen LogP contribution in [0.5, 0.6) is 0 Å². The molecule has 8 heteroatoms. The molecule has 1 atom stereocenters. The second-order valence-electron chi connectivity index (χ2n) is 7.63. The first kappa shape index (κ1) is 21.1. The molecule has 2 aliphatic rings. The van der Waals surface area contributed by atoms with Gasteiger partial charge in [0.15, 0.2) is 5.17 Å². The zero-order valence-corrected chi connectivity index (χ0v) is 18.1. The molecule has 2 aromatic carbocycles. The molecule has 2 heterocycles. The number of hydrogen-bond acceptors (Lipinski definition) is 5. The number of likely N-dealkylation sites (tertiary alicyclic amines) is 1. The Morgan fingerprint density at radius 1 is 1.06 bits per heavy atom. The molecule has 1 fully saturated rings. The molecule has 1 unspecified atom stereocenters. The number of aryl methyl sites for hydroxylation is 1. The average molecular weight is 437 g/mol. The molecular weight excluding hydrogens is 412 g/mol. The summed E-state index contributed by atoms with van der Waals surface area (Å²) in [4.78, 5) is 43.3. The number of anilines is 2. The first-order valence-corrected chi connectivity index (χ1v) is 11.2. The molecule has 1 saturated heterocycles. The molecular formula is C23H24N4O3S. The Morgan fingerprint density at radius 2 is 1.77 bits per heavy atom. The topological polar surface area (TPSA) is 90.9 Å². The predicted octanol–water partition coefficient (Wildman–Crippen LogP) is 3.67. The van der Waals surface area contributed by atoms with Crippen molar-refractivity contribution >= 4 is 46.0 Å². The van der Waals surface area contributed by atoms with Crippen LogP contribution in [0.1, 0.15) is 35.2 Å². The van der Waals surface area contributed by atoms with E-state index in [-0.39, 0.29) is 24.1 Å². The Hall–Kier alpha value is -3.13.